The lowest BCUT2D eigenvalue weighted by molar-refractivity contribution is 0.102. The minimum absolute atomic E-state index is 0.00665. The number of rotatable bonds is 2. The van der Waals surface area contributed by atoms with Crippen LogP contribution in [0.4, 0.5) is 23.2 Å². The van der Waals surface area contributed by atoms with E-state index in [9.17, 15) is 27.5 Å². The van der Waals surface area contributed by atoms with E-state index in [4.69, 9.17) is 5.11 Å². The average Bonchev–Trinajstić information content (AvgIpc) is 2.44. The molecule has 2 aromatic carbocycles. The third-order valence-corrected chi connectivity index (χ3v) is 2.59. The highest BCUT2D eigenvalue weighted by Gasteiger charge is 2.21. The molecule has 0 saturated carbocycles. The molecule has 1 amide bonds. The van der Waals surface area contributed by atoms with E-state index in [-0.39, 0.29) is 11.6 Å². The summed E-state index contributed by atoms with van der Waals surface area (Å²) in [5, 5.41) is 20.0. The molecule has 3 N–H and O–H groups in total. The van der Waals surface area contributed by atoms with Crippen LogP contribution in [0.1, 0.15) is 10.4 Å². The van der Waals surface area contributed by atoms with Gasteiger partial charge in [-0.1, -0.05) is 0 Å². The zero-order chi connectivity index (χ0) is 15.7. The van der Waals surface area contributed by atoms with Crippen molar-refractivity contribution in [3.05, 3.63) is 53.1 Å². The maximum absolute atomic E-state index is 13.4. The number of hydrogen-bond acceptors (Lipinski definition) is 3. The van der Waals surface area contributed by atoms with Crippen molar-refractivity contribution in [2.45, 2.75) is 0 Å². The van der Waals surface area contributed by atoms with Gasteiger partial charge >= 0.3 is 0 Å². The highest BCUT2D eigenvalue weighted by Crippen LogP contribution is 2.27. The van der Waals surface area contributed by atoms with Crippen molar-refractivity contribution in [2.24, 2.45) is 0 Å². The molecule has 0 fully saturated rings. The van der Waals surface area contributed by atoms with Gasteiger partial charge in [-0.15, -0.1) is 0 Å². The van der Waals surface area contributed by atoms with Crippen LogP contribution in [0.5, 0.6) is 11.5 Å². The number of carbonyl (C=O) groups is 1. The summed E-state index contributed by atoms with van der Waals surface area (Å²) < 4.78 is 52.7. The minimum atomic E-state index is -1.76. The predicted octanol–water partition coefficient (Wildman–Crippen LogP) is 2.91. The summed E-state index contributed by atoms with van der Waals surface area (Å²) in [6.45, 7) is 0. The maximum Gasteiger partial charge on any atom is 0.255 e. The molecule has 0 radical (unpaired) electrons. The van der Waals surface area contributed by atoms with Crippen molar-refractivity contribution in [1.29, 1.82) is 0 Å². The summed E-state index contributed by atoms with van der Waals surface area (Å²) in [7, 11) is 0. The summed E-state index contributed by atoms with van der Waals surface area (Å²) in [6.07, 6.45) is 0. The number of benzene rings is 2. The first-order valence-electron chi connectivity index (χ1n) is 5.47. The molecular formula is C13H7F4NO3. The highest BCUT2D eigenvalue weighted by atomic mass is 19.2. The molecule has 8 heteroatoms. The molecule has 0 saturated heterocycles. The Kier molecular flexibility index (Phi) is 3.70. The third kappa shape index (κ3) is 2.73. The SMILES string of the molecule is O=C(Nc1c(F)c(F)cc(F)c1F)c1ccc(O)c(O)c1. The fourth-order valence-electron chi connectivity index (χ4n) is 1.53. The predicted molar refractivity (Wildman–Crippen MR) is 64.0 cm³/mol. The van der Waals surface area contributed by atoms with Crippen LogP contribution >= 0.6 is 0 Å². The highest BCUT2D eigenvalue weighted by molar-refractivity contribution is 6.04. The molecule has 110 valence electrons. The first kappa shape index (κ1) is 14.6. The molecular weight excluding hydrogens is 294 g/mol. The second-order valence-electron chi connectivity index (χ2n) is 4.00. The number of aromatic hydroxyl groups is 2. The first-order valence-corrected chi connectivity index (χ1v) is 5.47. The number of amides is 1. The number of nitrogens with one attached hydrogen (secondary N) is 1. The summed E-state index contributed by atoms with van der Waals surface area (Å²) in [5.41, 5.74) is -1.57. The zero-order valence-corrected chi connectivity index (χ0v) is 10.1. The van der Waals surface area contributed by atoms with Gasteiger partial charge in [-0.3, -0.25) is 4.79 Å². The Hall–Kier alpha value is -2.77. The van der Waals surface area contributed by atoms with Gasteiger partial charge in [0, 0.05) is 11.6 Å². The molecule has 2 rings (SSSR count). The van der Waals surface area contributed by atoms with Crippen LogP contribution in [-0.2, 0) is 0 Å². The van der Waals surface area contributed by atoms with Crippen LogP contribution in [0, 0.1) is 23.3 Å². The second kappa shape index (κ2) is 5.31. The van der Waals surface area contributed by atoms with E-state index in [1.165, 1.54) is 0 Å². The van der Waals surface area contributed by atoms with Crippen molar-refractivity contribution in [2.75, 3.05) is 5.32 Å². The number of phenols is 2. The van der Waals surface area contributed by atoms with Crippen LogP contribution in [0.15, 0.2) is 24.3 Å². The van der Waals surface area contributed by atoms with Crippen LogP contribution in [0.2, 0.25) is 0 Å². The van der Waals surface area contributed by atoms with Crippen molar-refractivity contribution < 1.29 is 32.6 Å². The largest absolute Gasteiger partial charge is 0.504 e. The maximum atomic E-state index is 13.4. The van der Waals surface area contributed by atoms with Gasteiger partial charge in [0.05, 0.1) is 0 Å². The van der Waals surface area contributed by atoms with E-state index in [1.807, 2.05) is 0 Å². The smallest absolute Gasteiger partial charge is 0.255 e. The Balaban J connectivity index is 2.38. The lowest BCUT2D eigenvalue weighted by Crippen LogP contribution is -2.15. The van der Waals surface area contributed by atoms with Crippen LogP contribution in [0.25, 0.3) is 0 Å². The standard InChI is InChI=1S/C13H7F4NO3/c14-6-4-7(15)11(17)12(10(6)16)18-13(21)5-1-2-8(19)9(20)3-5/h1-4,19-20H,(H,18,21). The monoisotopic (exact) mass is 301 g/mol. The van der Waals surface area contributed by atoms with E-state index in [0.29, 0.717) is 0 Å². The number of hydrogen-bond donors (Lipinski definition) is 3. The fourth-order valence-corrected chi connectivity index (χ4v) is 1.53. The Morgan fingerprint density at radius 2 is 1.48 bits per heavy atom. The van der Waals surface area contributed by atoms with Crippen molar-refractivity contribution in [1.82, 2.24) is 0 Å². The molecule has 0 aliphatic carbocycles. The number of halogens is 4. The zero-order valence-electron chi connectivity index (χ0n) is 10.1. The van der Waals surface area contributed by atoms with E-state index >= 15 is 0 Å². The van der Waals surface area contributed by atoms with E-state index in [2.05, 4.69) is 0 Å². The minimum Gasteiger partial charge on any atom is -0.504 e. The van der Waals surface area contributed by atoms with Gasteiger partial charge in [-0.25, -0.2) is 17.6 Å². The van der Waals surface area contributed by atoms with Crippen LogP contribution in [-0.4, -0.2) is 16.1 Å². The molecule has 4 nitrogen and oxygen atoms in total. The Morgan fingerprint density at radius 3 is 2.00 bits per heavy atom. The Bertz CT molecular complexity index is 708. The van der Waals surface area contributed by atoms with Gasteiger partial charge in [0.1, 0.15) is 5.69 Å². The normalized spacial score (nSPS) is 10.5. The Labute approximate surface area is 115 Å². The molecule has 0 unspecified atom stereocenters. The quantitative estimate of drug-likeness (QED) is 0.454. The van der Waals surface area contributed by atoms with Gasteiger partial charge in [0.2, 0.25) is 0 Å². The van der Waals surface area contributed by atoms with Crippen LogP contribution < -0.4 is 5.32 Å². The first-order chi connectivity index (χ1) is 9.81. The van der Waals surface area contributed by atoms with Crippen molar-refractivity contribution in [3.63, 3.8) is 0 Å². The molecule has 21 heavy (non-hydrogen) atoms. The van der Waals surface area contributed by atoms with Crippen molar-refractivity contribution in [3.8, 4) is 11.5 Å². The Morgan fingerprint density at radius 1 is 0.905 bits per heavy atom. The van der Waals surface area contributed by atoms with Crippen molar-refractivity contribution >= 4 is 11.6 Å². The lowest BCUT2D eigenvalue weighted by Gasteiger charge is -2.09. The van der Waals surface area contributed by atoms with Gasteiger partial charge < -0.3 is 15.5 Å². The van der Waals surface area contributed by atoms with E-state index in [0.717, 1.165) is 18.2 Å². The van der Waals surface area contributed by atoms with E-state index in [1.54, 1.807) is 5.32 Å². The topological polar surface area (TPSA) is 69.6 Å². The summed E-state index contributed by atoms with van der Waals surface area (Å²) >= 11 is 0. The fraction of sp³-hybridized carbons (Fsp3) is 0. The summed E-state index contributed by atoms with van der Waals surface area (Å²) in [6, 6.07) is 2.82. The molecule has 0 bridgehead atoms. The molecule has 0 atom stereocenters. The number of anilines is 1. The van der Waals surface area contributed by atoms with Gasteiger partial charge in [-0.05, 0) is 18.2 Å². The molecule has 0 heterocycles. The summed E-state index contributed by atoms with van der Waals surface area (Å²) in [4.78, 5) is 11.7. The summed E-state index contributed by atoms with van der Waals surface area (Å²) in [5.74, 6) is -9.14. The van der Waals surface area contributed by atoms with Gasteiger partial charge in [0.15, 0.2) is 34.8 Å². The molecule has 0 spiro atoms. The second-order valence-corrected chi connectivity index (χ2v) is 4.00. The lowest BCUT2D eigenvalue weighted by atomic mass is 10.1. The van der Waals surface area contributed by atoms with Gasteiger partial charge in [0.25, 0.3) is 5.91 Å². The molecule has 2 aromatic rings. The molecule has 0 aliphatic rings. The molecule has 0 aliphatic heterocycles. The average molecular weight is 301 g/mol. The van der Waals surface area contributed by atoms with Crippen LogP contribution in [0.3, 0.4) is 0 Å². The molecule has 0 aromatic heterocycles. The van der Waals surface area contributed by atoms with E-state index < -0.39 is 46.4 Å². The van der Waals surface area contributed by atoms with Gasteiger partial charge in [-0.2, -0.15) is 0 Å². The number of carbonyl (C=O) groups excluding carboxylic acids is 1. The third-order valence-electron chi connectivity index (χ3n) is 2.59. The number of phenolic OH excluding ortho intramolecular Hbond substituents is 2.